The standard InChI is InChI=1S/C22H20FN3O/c1-14-19-12-18(23)9-8-16(19)10-11-26(14)22(27)20-13-24-15(2)25-21(20)17-6-4-3-5-7-17/h3-9,12-14H,10-11H2,1-2H3/t14-/m0/s1. The highest BCUT2D eigenvalue weighted by molar-refractivity contribution is 6.00. The van der Waals surface area contributed by atoms with Crippen molar-refractivity contribution in [3.05, 3.63) is 83.1 Å². The third-order valence-corrected chi connectivity index (χ3v) is 5.10. The zero-order valence-electron chi connectivity index (χ0n) is 15.3. The van der Waals surface area contributed by atoms with E-state index < -0.39 is 0 Å². The second kappa shape index (κ2) is 6.91. The van der Waals surface area contributed by atoms with Gasteiger partial charge in [-0.3, -0.25) is 4.79 Å². The van der Waals surface area contributed by atoms with E-state index in [1.54, 1.807) is 11.1 Å². The Morgan fingerprint density at radius 2 is 1.96 bits per heavy atom. The number of amides is 1. The Morgan fingerprint density at radius 1 is 1.19 bits per heavy atom. The van der Waals surface area contributed by atoms with Crippen LogP contribution in [0, 0.1) is 12.7 Å². The molecule has 0 N–H and O–H groups in total. The first-order valence-corrected chi connectivity index (χ1v) is 9.03. The summed E-state index contributed by atoms with van der Waals surface area (Å²) >= 11 is 0. The van der Waals surface area contributed by atoms with Crippen molar-refractivity contribution in [2.75, 3.05) is 6.54 Å². The van der Waals surface area contributed by atoms with Crippen molar-refractivity contribution in [2.45, 2.75) is 26.3 Å². The summed E-state index contributed by atoms with van der Waals surface area (Å²) in [4.78, 5) is 23.9. The van der Waals surface area contributed by atoms with E-state index in [2.05, 4.69) is 9.97 Å². The van der Waals surface area contributed by atoms with E-state index in [-0.39, 0.29) is 17.8 Å². The predicted octanol–water partition coefficient (Wildman–Crippen LogP) is 4.35. The molecule has 0 bridgehead atoms. The molecule has 2 heterocycles. The van der Waals surface area contributed by atoms with Gasteiger partial charge in [-0.25, -0.2) is 14.4 Å². The molecule has 4 rings (SSSR count). The molecular weight excluding hydrogens is 341 g/mol. The molecule has 1 amide bonds. The molecule has 5 heteroatoms. The lowest BCUT2D eigenvalue weighted by atomic mass is 9.92. The van der Waals surface area contributed by atoms with E-state index >= 15 is 0 Å². The Kier molecular flexibility index (Phi) is 4.44. The molecule has 4 nitrogen and oxygen atoms in total. The van der Waals surface area contributed by atoms with Crippen LogP contribution >= 0.6 is 0 Å². The van der Waals surface area contributed by atoms with Crippen LogP contribution in [0.25, 0.3) is 11.3 Å². The number of aromatic nitrogens is 2. The number of rotatable bonds is 2. The number of carbonyl (C=O) groups excluding carboxylic acids is 1. The minimum absolute atomic E-state index is 0.128. The first-order chi connectivity index (χ1) is 13.0. The zero-order chi connectivity index (χ0) is 19.0. The molecule has 2 aromatic carbocycles. The summed E-state index contributed by atoms with van der Waals surface area (Å²) in [5, 5.41) is 0. The molecule has 0 radical (unpaired) electrons. The summed E-state index contributed by atoms with van der Waals surface area (Å²) in [5.74, 6) is 0.208. The maximum Gasteiger partial charge on any atom is 0.258 e. The van der Waals surface area contributed by atoms with Crippen LogP contribution in [-0.2, 0) is 6.42 Å². The van der Waals surface area contributed by atoms with Crippen LogP contribution in [0.15, 0.2) is 54.7 Å². The summed E-state index contributed by atoms with van der Waals surface area (Å²) in [6, 6.07) is 14.2. The smallest absolute Gasteiger partial charge is 0.258 e. The first-order valence-electron chi connectivity index (χ1n) is 9.03. The van der Waals surface area contributed by atoms with E-state index in [0.717, 1.165) is 16.7 Å². The van der Waals surface area contributed by atoms with E-state index in [9.17, 15) is 9.18 Å². The average Bonchev–Trinajstić information content (AvgIpc) is 2.69. The van der Waals surface area contributed by atoms with Gasteiger partial charge in [0, 0.05) is 18.3 Å². The fourth-order valence-electron chi connectivity index (χ4n) is 3.66. The summed E-state index contributed by atoms with van der Waals surface area (Å²) < 4.78 is 13.7. The summed E-state index contributed by atoms with van der Waals surface area (Å²) in [5.41, 5.74) is 3.94. The van der Waals surface area contributed by atoms with Crippen LogP contribution in [-0.4, -0.2) is 27.3 Å². The van der Waals surface area contributed by atoms with Gasteiger partial charge in [0.25, 0.3) is 5.91 Å². The van der Waals surface area contributed by atoms with Gasteiger partial charge in [-0.1, -0.05) is 36.4 Å². The summed E-state index contributed by atoms with van der Waals surface area (Å²) in [7, 11) is 0. The lowest BCUT2D eigenvalue weighted by Gasteiger charge is -2.35. The van der Waals surface area contributed by atoms with Crippen molar-refractivity contribution in [2.24, 2.45) is 0 Å². The summed E-state index contributed by atoms with van der Waals surface area (Å²) in [6.45, 7) is 4.33. The fourth-order valence-corrected chi connectivity index (χ4v) is 3.66. The largest absolute Gasteiger partial charge is 0.331 e. The van der Waals surface area contributed by atoms with E-state index in [1.807, 2.05) is 50.2 Å². The van der Waals surface area contributed by atoms with Crippen LogP contribution in [0.5, 0.6) is 0 Å². The number of hydrogen-bond acceptors (Lipinski definition) is 3. The van der Waals surface area contributed by atoms with Crippen molar-refractivity contribution in [3.8, 4) is 11.3 Å². The van der Waals surface area contributed by atoms with Gasteiger partial charge in [-0.2, -0.15) is 0 Å². The predicted molar refractivity (Wildman–Crippen MR) is 102 cm³/mol. The van der Waals surface area contributed by atoms with Gasteiger partial charge in [0.05, 0.1) is 17.3 Å². The van der Waals surface area contributed by atoms with Gasteiger partial charge in [0.2, 0.25) is 0 Å². The Bertz CT molecular complexity index is 1000. The van der Waals surface area contributed by atoms with Crippen LogP contribution in [0.3, 0.4) is 0 Å². The maximum absolute atomic E-state index is 13.7. The molecular formula is C22H20FN3O. The quantitative estimate of drug-likeness (QED) is 0.682. The minimum Gasteiger partial charge on any atom is -0.331 e. The van der Waals surface area contributed by atoms with Crippen LogP contribution in [0.1, 0.15) is 40.3 Å². The second-order valence-corrected chi connectivity index (χ2v) is 6.81. The molecule has 1 atom stereocenters. The molecule has 136 valence electrons. The number of fused-ring (bicyclic) bond motifs is 1. The Labute approximate surface area is 157 Å². The molecule has 0 unspecified atom stereocenters. The zero-order valence-corrected chi connectivity index (χ0v) is 15.3. The van der Waals surface area contributed by atoms with Crippen LogP contribution in [0.2, 0.25) is 0 Å². The first kappa shape index (κ1) is 17.3. The average molecular weight is 361 g/mol. The molecule has 1 aliphatic heterocycles. The Hall–Kier alpha value is -3.08. The molecule has 0 saturated carbocycles. The highest BCUT2D eigenvalue weighted by Crippen LogP contribution is 2.32. The van der Waals surface area contributed by atoms with Crippen LogP contribution in [0.4, 0.5) is 4.39 Å². The highest BCUT2D eigenvalue weighted by atomic mass is 19.1. The summed E-state index contributed by atoms with van der Waals surface area (Å²) in [6.07, 6.45) is 2.31. The second-order valence-electron chi connectivity index (χ2n) is 6.81. The number of hydrogen-bond donors (Lipinski definition) is 0. The number of aryl methyl sites for hydroxylation is 1. The van der Waals surface area contributed by atoms with Crippen molar-refractivity contribution < 1.29 is 9.18 Å². The molecule has 3 aromatic rings. The molecule has 0 fully saturated rings. The van der Waals surface area contributed by atoms with Crippen molar-refractivity contribution in [1.82, 2.24) is 14.9 Å². The Morgan fingerprint density at radius 3 is 2.74 bits per heavy atom. The van der Waals surface area contributed by atoms with Gasteiger partial charge < -0.3 is 4.90 Å². The van der Waals surface area contributed by atoms with Crippen molar-refractivity contribution >= 4 is 5.91 Å². The molecule has 0 spiro atoms. The van der Waals surface area contributed by atoms with Gasteiger partial charge >= 0.3 is 0 Å². The molecule has 0 saturated heterocycles. The molecule has 0 aliphatic carbocycles. The van der Waals surface area contributed by atoms with Crippen molar-refractivity contribution in [1.29, 1.82) is 0 Å². The number of benzene rings is 2. The van der Waals surface area contributed by atoms with Crippen LogP contribution < -0.4 is 0 Å². The number of nitrogens with zero attached hydrogens (tertiary/aromatic N) is 3. The lowest BCUT2D eigenvalue weighted by Crippen LogP contribution is -2.39. The molecule has 1 aliphatic rings. The van der Waals surface area contributed by atoms with E-state index in [1.165, 1.54) is 12.1 Å². The van der Waals surface area contributed by atoms with Gasteiger partial charge in [0.1, 0.15) is 11.6 Å². The molecule has 1 aromatic heterocycles. The third-order valence-electron chi connectivity index (χ3n) is 5.10. The van der Waals surface area contributed by atoms with Gasteiger partial charge in [-0.05, 0) is 43.5 Å². The monoisotopic (exact) mass is 361 g/mol. The van der Waals surface area contributed by atoms with Gasteiger partial charge in [-0.15, -0.1) is 0 Å². The minimum atomic E-state index is -0.279. The normalized spacial score (nSPS) is 16.1. The SMILES string of the molecule is Cc1ncc(C(=O)N2CCc3ccc(F)cc3[C@@H]2C)c(-c2ccccc2)n1. The van der Waals surface area contributed by atoms with E-state index in [0.29, 0.717) is 30.0 Å². The third kappa shape index (κ3) is 3.21. The highest BCUT2D eigenvalue weighted by Gasteiger charge is 2.30. The van der Waals surface area contributed by atoms with E-state index in [4.69, 9.17) is 0 Å². The van der Waals surface area contributed by atoms with Gasteiger partial charge in [0.15, 0.2) is 0 Å². The Balaban J connectivity index is 1.74. The molecule has 27 heavy (non-hydrogen) atoms. The number of carbonyl (C=O) groups is 1. The number of halogens is 1. The fraction of sp³-hybridized carbons (Fsp3) is 0.227. The lowest BCUT2D eigenvalue weighted by molar-refractivity contribution is 0.0677. The maximum atomic E-state index is 13.7. The van der Waals surface area contributed by atoms with Crippen molar-refractivity contribution in [3.63, 3.8) is 0 Å². The topological polar surface area (TPSA) is 46.1 Å².